The number of esters is 1. The second-order valence-electron chi connectivity index (χ2n) is 6.40. The van der Waals surface area contributed by atoms with E-state index in [9.17, 15) is 9.59 Å². The predicted molar refractivity (Wildman–Crippen MR) is 98.8 cm³/mol. The Balaban J connectivity index is 1.61. The average Bonchev–Trinajstić information content (AvgIpc) is 3.28. The number of ether oxygens (including phenoxy) is 5. The third-order valence-corrected chi connectivity index (χ3v) is 4.57. The van der Waals surface area contributed by atoms with Gasteiger partial charge < -0.3 is 23.7 Å². The van der Waals surface area contributed by atoms with E-state index in [1.54, 1.807) is 44.2 Å². The monoisotopic (exact) mass is 382 g/mol. The molecule has 0 aliphatic carbocycles. The van der Waals surface area contributed by atoms with E-state index in [0.29, 0.717) is 34.1 Å². The van der Waals surface area contributed by atoms with Crippen molar-refractivity contribution in [3.8, 4) is 23.0 Å². The van der Waals surface area contributed by atoms with Gasteiger partial charge in [0, 0.05) is 5.56 Å². The maximum atomic E-state index is 12.7. The molecular weight excluding hydrogens is 364 g/mol. The minimum atomic E-state index is -0.775. The molecule has 4 rings (SSSR count). The lowest BCUT2D eigenvalue weighted by Gasteiger charge is -2.15. The number of hydrogen-bond donors (Lipinski definition) is 0. The number of Topliss-reactive ketones (excluding diaryl/α,β-unsaturated/α-hetero) is 1. The van der Waals surface area contributed by atoms with Gasteiger partial charge in [-0.25, -0.2) is 4.79 Å². The molecule has 28 heavy (non-hydrogen) atoms. The molecule has 2 aliphatic rings. The normalized spacial score (nSPS) is 16.5. The molecular formula is C21H18O7. The first-order valence-electron chi connectivity index (χ1n) is 8.70. The van der Waals surface area contributed by atoms with Crippen LogP contribution < -0.4 is 18.9 Å². The van der Waals surface area contributed by atoms with E-state index in [4.69, 9.17) is 18.9 Å². The molecule has 1 atom stereocenters. The van der Waals surface area contributed by atoms with Gasteiger partial charge in [0.1, 0.15) is 11.5 Å². The van der Waals surface area contributed by atoms with Gasteiger partial charge in [-0.15, -0.1) is 0 Å². The Bertz CT molecular complexity index is 1010. The van der Waals surface area contributed by atoms with Gasteiger partial charge in [0.05, 0.1) is 12.7 Å². The van der Waals surface area contributed by atoms with E-state index >= 15 is 0 Å². The number of ketones is 1. The zero-order valence-electron chi connectivity index (χ0n) is 15.6. The highest BCUT2D eigenvalue weighted by Gasteiger charge is 2.31. The molecule has 7 nitrogen and oxygen atoms in total. The van der Waals surface area contributed by atoms with Gasteiger partial charge in [-0.2, -0.15) is 0 Å². The van der Waals surface area contributed by atoms with Crippen LogP contribution in [-0.4, -0.2) is 31.8 Å². The highest BCUT2D eigenvalue weighted by molar-refractivity contribution is 6.15. The summed E-state index contributed by atoms with van der Waals surface area (Å²) in [5.41, 5.74) is 1.84. The zero-order chi connectivity index (χ0) is 19.8. The van der Waals surface area contributed by atoms with Gasteiger partial charge in [-0.05, 0) is 49.8 Å². The van der Waals surface area contributed by atoms with E-state index in [0.717, 1.165) is 5.56 Å². The Morgan fingerprint density at radius 2 is 1.96 bits per heavy atom. The minimum Gasteiger partial charge on any atom is -0.479 e. The van der Waals surface area contributed by atoms with Crippen LogP contribution in [0.5, 0.6) is 23.0 Å². The number of rotatable bonds is 4. The molecule has 0 saturated carbocycles. The van der Waals surface area contributed by atoms with Crippen LogP contribution in [-0.2, 0) is 9.53 Å². The summed E-state index contributed by atoms with van der Waals surface area (Å²) in [5.74, 6) is 1.67. The van der Waals surface area contributed by atoms with Crippen molar-refractivity contribution < 1.29 is 33.3 Å². The fourth-order valence-electron chi connectivity index (χ4n) is 3.05. The lowest BCUT2D eigenvalue weighted by atomic mass is 10.1. The van der Waals surface area contributed by atoms with Crippen LogP contribution in [0.3, 0.4) is 0 Å². The van der Waals surface area contributed by atoms with Crippen molar-refractivity contribution in [2.75, 3.05) is 13.9 Å². The zero-order valence-corrected chi connectivity index (χ0v) is 15.6. The van der Waals surface area contributed by atoms with Gasteiger partial charge in [0.15, 0.2) is 23.4 Å². The Morgan fingerprint density at radius 1 is 1.18 bits per heavy atom. The molecule has 0 aromatic heterocycles. The smallest absolute Gasteiger partial charge is 0.346 e. The number of allylic oxidation sites excluding steroid dienone is 1. The second-order valence-corrected chi connectivity index (χ2v) is 6.40. The maximum Gasteiger partial charge on any atom is 0.346 e. The summed E-state index contributed by atoms with van der Waals surface area (Å²) in [5, 5.41) is 0. The van der Waals surface area contributed by atoms with Crippen LogP contribution in [0.2, 0.25) is 0 Å². The van der Waals surface area contributed by atoms with Crippen LogP contribution in [0, 0.1) is 6.92 Å². The number of methoxy groups -OCH3 is 1. The SMILES string of the molecule is COC(=O)[C@H](C)Oc1ccc2c(c1C)OC(=Cc1ccc3c(c1)OCO3)C2=O. The summed E-state index contributed by atoms with van der Waals surface area (Å²) in [4.78, 5) is 24.3. The maximum absolute atomic E-state index is 12.7. The van der Waals surface area contributed by atoms with E-state index in [2.05, 4.69) is 4.74 Å². The molecule has 7 heteroatoms. The summed E-state index contributed by atoms with van der Waals surface area (Å²) in [6.45, 7) is 3.55. The fraction of sp³-hybridized carbons (Fsp3) is 0.238. The van der Waals surface area contributed by atoms with Crippen molar-refractivity contribution >= 4 is 17.8 Å². The third-order valence-electron chi connectivity index (χ3n) is 4.57. The van der Waals surface area contributed by atoms with E-state index < -0.39 is 12.1 Å². The Labute approximate surface area is 161 Å². The largest absolute Gasteiger partial charge is 0.479 e. The lowest BCUT2D eigenvalue weighted by Crippen LogP contribution is -2.25. The number of fused-ring (bicyclic) bond motifs is 2. The summed E-state index contributed by atoms with van der Waals surface area (Å²) in [7, 11) is 1.30. The molecule has 144 valence electrons. The van der Waals surface area contributed by atoms with Crippen LogP contribution in [0.4, 0.5) is 0 Å². The molecule has 0 radical (unpaired) electrons. The molecule has 0 fully saturated rings. The summed E-state index contributed by atoms with van der Waals surface area (Å²) in [6, 6.07) is 8.67. The van der Waals surface area contributed by atoms with Crippen molar-refractivity contribution in [2.24, 2.45) is 0 Å². The van der Waals surface area contributed by atoms with Crippen molar-refractivity contribution in [1.82, 2.24) is 0 Å². The van der Waals surface area contributed by atoms with Crippen molar-refractivity contribution in [2.45, 2.75) is 20.0 Å². The highest BCUT2D eigenvalue weighted by Crippen LogP contribution is 2.40. The molecule has 2 heterocycles. The van der Waals surface area contributed by atoms with E-state index in [1.807, 2.05) is 6.07 Å². The number of benzene rings is 2. The number of carbonyl (C=O) groups is 2. The molecule has 0 amide bonds. The van der Waals surface area contributed by atoms with Crippen LogP contribution in [0.1, 0.15) is 28.4 Å². The molecule has 0 bridgehead atoms. The van der Waals surface area contributed by atoms with Crippen LogP contribution >= 0.6 is 0 Å². The standard InChI is InChI=1S/C21H18O7/c1-11-15(27-12(2)21(23)24-3)7-5-14-19(22)18(28-20(11)14)9-13-4-6-16-17(8-13)26-10-25-16/h4-9,12H,10H2,1-3H3/t12-/m0/s1. The van der Waals surface area contributed by atoms with Gasteiger partial charge >= 0.3 is 5.97 Å². The minimum absolute atomic E-state index is 0.183. The van der Waals surface area contributed by atoms with E-state index in [1.165, 1.54) is 7.11 Å². The average molecular weight is 382 g/mol. The van der Waals surface area contributed by atoms with Gasteiger partial charge in [-0.3, -0.25) is 4.79 Å². The Kier molecular flexibility index (Phi) is 4.43. The summed E-state index contributed by atoms with van der Waals surface area (Å²) < 4.78 is 26.8. The quantitative estimate of drug-likeness (QED) is 0.593. The molecule has 0 saturated heterocycles. The van der Waals surface area contributed by atoms with Gasteiger partial charge in [0.2, 0.25) is 12.6 Å². The van der Waals surface area contributed by atoms with E-state index in [-0.39, 0.29) is 18.3 Å². The first kappa shape index (κ1) is 17.9. The highest BCUT2D eigenvalue weighted by atomic mass is 16.7. The Hall–Kier alpha value is -3.48. The molecule has 0 unspecified atom stereocenters. The molecule has 2 aliphatic heterocycles. The molecule has 2 aromatic carbocycles. The molecule has 0 N–H and O–H groups in total. The summed E-state index contributed by atoms with van der Waals surface area (Å²) in [6.07, 6.45) is 0.879. The Morgan fingerprint density at radius 3 is 2.75 bits per heavy atom. The molecule has 0 spiro atoms. The second kappa shape index (κ2) is 6.92. The first-order chi connectivity index (χ1) is 13.5. The van der Waals surface area contributed by atoms with Gasteiger partial charge in [-0.1, -0.05) is 6.07 Å². The summed E-state index contributed by atoms with van der Waals surface area (Å²) >= 11 is 0. The fourth-order valence-corrected chi connectivity index (χ4v) is 3.05. The lowest BCUT2D eigenvalue weighted by molar-refractivity contribution is -0.147. The van der Waals surface area contributed by atoms with Crippen LogP contribution in [0.15, 0.2) is 36.1 Å². The third kappa shape index (κ3) is 3.05. The molecule has 2 aromatic rings. The van der Waals surface area contributed by atoms with Crippen LogP contribution in [0.25, 0.3) is 6.08 Å². The van der Waals surface area contributed by atoms with Crippen molar-refractivity contribution in [3.63, 3.8) is 0 Å². The number of carbonyl (C=O) groups excluding carboxylic acids is 2. The topological polar surface area (TPSA) is 80.3 Å². The number of hydrogen-bond acceptors (Lipinski definition) is 7. The predicted octanol–water partition coefficient (Wildman–Crippen LogP) is 3.28. The first-order valence-corrected chi connectivity index (χ1v) is 8.70. The van der Waals surface area contributed by atoms with Gasteiger partial charge in [0.25, 0.3) is 0 Å². The van der Waals surface area contributed by atoms with Crippen molar-refractivity contribution in [1.29, 1.82) is 0 Å². The van der Waals surface area contributed by atoms with Crippen molar-refractivity contribution in [3.05, 3.63) is 52.8 Å².